The SMILES string of the molecule is CC(C(=O)Nc1ccccc1C(=O)N1CCC(C(N)=O)CC1)n1c(-c2cccs2)n[nH]c1=S. The Morgan fingerprint density at radius 2 is 1.94 bits per heavy atom. The molecule has 1 aromatic carbocycles. The zero-order valence-electron chi connectivity index (χ0n) is 18.0. The van der Waals surface area contributed by atoms with E-state index in [0.717, 1.165) is 4.88 Å². The van der Waals surface area contributed by atoms with E-state index < -0.39 is 6.04 Å². The second kappa shape index (κ2) is 9.67. The number of H-pyrrole nitrogens is 1. The number of hydrogen-bond donors (Lipinski definition) is 3. The summed E-state index contributed by atoms with van der Waals surface area (Å²) in [5.41, 5.74) is 6.21. The topological polar surface area (TPSA) is 126 Å². The van der Waals surface area contributed by atoms with Gasteiger partial charge in [-0.15, -0.1) is 11.3 Å². The molecular formula is C22H24N6O3S2. The van der Waals surface area contributed by atoms with Crippen LogP contribution in [0.1, 0.15) is 36.2 Å². The number of anilines is 1. The van der Waals surface area contributed by atoms with Crippen LogP contribution in [-0.2, 0) is 9.59 Å². The van der Waals surface area contributed by atoms with Crippen LogP contribution in [0.15, 0.2) is 41.8 Å². The highest BCUT2D eigenvalue weighted by Gasteiger charge is 2.28. The first-order chi connectivity index (χ1) is 15.9. The van der Waals surface area contributed by atoms with Gasteiger partial charge < -0.3 is 16.0 Å². The van der Waals surface area contributed by atoms with Crippen LogP contribution in [-0.4, -0.2) is 50.5 Å². The minimum absolute atomic E-state index is 0.194. The van der Waals surface area contributed by atoms with Crippen molar-refractivity contribution >= 4 is 47.0 Å². The van der Waals surface area contributed by atoms with Crippen LogP contribution in [0, 0.1) is 10.7 Å². The first-order valence-corrected chi connectivity index (χ1v) is 11.8. The van der Waals surface area contributed by atoms with Crippen LogP contribution >= 0.6 is 23.6 Å². The summed E-state index contributed by atoms with van der Waals surface area (Å²) < 4.78 is 2.00. The summed E-state index contributed by atoms with van der Waals surface area (Å²) in [5, 5.41) is 11.8. The quantitative estimate of drug-likeness (QED) is 0.463. The van der Waals surface area contributed by atoms with Gasteiger partial charge in [0.25, 0.3) is 5.91 Å². The van der Waals surface area contributed by atoms with Gasteiger partial charge >= 0.3 is 0 Å². The van der Waals surface area contributed by atoms with E-state index in [1.807, 2.05) is 17.5 Å². The molecular weight excluding hydrogens is 460 g/mol. The molecule has 4 N–H and O–H groups in total. The molecule has 0 aliphatic carbocycles. The minimum Gasteiger partial charge on any atom is -0.369 e. The Balaban J connectivity index is 1.52. The largest absolute Gasteiger partial charge is 0.369 e. The third-order valence-electron chi connectivity index (χ3n) is 5.81. The number of aromatic amines is 1. The van der Waals surface area contributed by atoms with Gasteiger partial charge in [-0.2, -0.15) is 5.10 Å². The average Bonchev–Trinajstić information content (AvgIpc) is 3.48. The van der Waals surface area contributed by atoms with Crippen molar-refractivity contribution in [2.45, 2.75) is 25.8 Å². The van der Waals surface area contributed by atoms with E-state index in [9.17, 15) is 14.4 Å². The molecule has 3 aromatic rings. The van der Waals surface area contributed by atoms with E-state index in [4.69, 9.17) is 18.0 Å². The van der Waals surface area contributed by atoms with Gasteiger partial charge in [0, 0.05) is 19.0 Å². The second-order valence-electron chi connectivity index (χ2n) is 7.88. The highest BCUT2D eigenvalue weighted by Crippen LogP contribution is 2.27. The Labute approximate surface area is 199 Å². The summed E-state index contributed by atoms with van der Waals surface area (Å²) in [6.45, 7) is 2.62. The fourth-order valence-corrected chi connectivity index (χ4v) is 4.91. The molecule has 3 amide bonds. The number of rotatable bonds is 6. The van der Waals surface area contributed by atoms with Crippen molar-refractivity contribution in [1.82, 2.24) is 19.7 Å². The molecule has 1 aliphatic rings. The Morgan fingerprint density at radius 3 is 2.61 bits per heavy atom. The van der Waals surface area contributed by atoms with Gasteiger partial charge in [-0.05, 0) is 55.6 Å². The number of aromatic nitrogens is 3. The van der Waals surface area contributed by atoms with Crippen molar-refractivity contribution in [3.63, 3.8) is 0 Å². The number of benzene rings is 1. The molecule has 33 heavy (non-hydrogen) atoms. The maximum atomic E-state index is 13.2. The molecule has 9 nitrogen and oxygen atoms in total. The standard InChI is InChI=1S/C22H24N6O3S2/c1-13(28-19(25-26-22(28)32)17-7-4-12-33-17)20(30)24-16-6-3-2-5-15(16)21(31)27-10-8-14(9-11-27)18(23)29/h2-7,12-14H,8-11H2,1H3,(H2,23,29)(H,24,30)(H,26,32). The Kier molecular flexibility index (Phi) is 6.70. The number of para-hydroxylation sites is 1. The predicted molar refractivity (Wildman–Crippen MR) is 128 cm³/mol. The Hall–Kier alpha value is -3.31. The van der Waals surface area contributed by atoms with Gasteiger partial charge in [0.1, 0.15) is 6.04 Å². The second-order valence-corrected chi connectivity index (χ2v) is 9.21. The summed E-state index contributed by atoms with van der Waals surface area (Å²) in [4.78, 5) is 40.3. The lowest BCUT2D eigenvalue weighted by Crippen LogP contribution is -2.42. The zero-order chi connectivity index (χ0) is 23.5. The number of piperidine rings is 1. The molecule has 1 aliphatic heterocycles. The van der Waals surface area contributed by atoms with Crippen LogP contribution in [0.4, 0.5) is 5.69 Å². The number of primary amides is 1. The summed E-state index contributed by atoms with van der Waals surface area (Å²) in [6.07, 6.45) is 1.08. The number of carbonyl (C=O) groups is 3. The Bertz CT molecular complexity index is 1220. The van der Waals surface area contributed by atoms with Gasteiger partial charge in [-0.25, -0.2) is 0 Å². The molecule has 1 saturated heterocycles. The van der Waals surface area contributed by atoms with E-state index in [2.05, 4.69) is 15.5 Å². The number of nitrogens with zero attached hydrogens (tertiary/aromatic N) is 3. The lowest BCUT2D eigenvalue weighted by Gasteiger charge is -2.31. The molecule has 1 atom stereocenters. The number of nitrogens with two attached hydrogens (primary N) is 1. The predicted octanol–water partition coefficient (Wildman–Crippen LogP) is 3.21. The summed E-state index contributed by atoms with van der Waals surface area (Å²) in [7, 11) is 0. The van der Waals surface area contributed by atoms with Crippen LogP contribution in [0.25, 0.3) is 10.7 Å². The third-order valence-corrected chi connectivity index (χ3v) is 6.97. The lowest BCUT2D eigenvalue weighted by atomic mass is 9.95. The maximum Gasteiger partial charge on any atom is 0.255 e. The number of carbonyl (C=O) groups excluding carboxylic acids is 3. The molecule has 2 aromatic heterocycles. The van der Waals surface area contributed by atoms with Gasteiger partial charge in [0.05, 0.1) is 16.1 Å². The van der Waals surface area contributed by atoms with Gasteiger partial charge in [0.15, 0.2) is 10.6 Å². The first-order valence-electron chi connectivity index (χ1n) is 10.6. The third kappa shape index (κ3) is 4.74. The van der Waals surface area contributed by atoms with Crippen molar-refractivity contribution in [3.8, 4) is 10.7 Å². The summed E-state index contributed by atoms with van der Waals surface area (Å²) in [6, 6.07) is 10.0. The highest BCUT2D eigenvalue weighted by molar-refractivity contribution is 7.71. The molecule has 1 fully saturated rings. The van der Waals surface area contributed by atoms with Crippen molar-refractivity contribution in [3.05, 3.63) is 52.1 Å². The molecule has 0 spiro atoms. The van der Waals surface area contributed by atoms with E-state index in [0.29, 0.717) is 47.8 Å². The molecule has 11 heteroatoms. The van der Waals surface area contributed by atoms with Crippen molar-refractivity contribution in [2.75, 3.05) is 18.4 Å². The fraction of sp³-hybridized carbons (Fsp3) is 0.318. The first kappa shape index (κ1) is 22.9. The monoisotopic (exact) mass is 484 g/mol. The number of amides is 3. The van der Waals surface area contributed by atoms with E-state index in [1.165, 1.54) is 11.3 Å². The zero-order valence-corrected chi connectivity index (χ0v) is 19.6. The number of nitrogens with one attached hydrogen (secondary N) is 2. The van der Waals surface area contributed by atoms with Crippen molar-refractivity contribution < 1.29 is 14.4 Å². The van der Waals surface area contributed by atoms with E-state index >= 15 is 0 Å². The van der Waals surface area contributed by atoms with Crippen LogP contribution in [0.3, 0.4) is 0 Å². The normalized spacial score (nSPS) is 15.2. The summed E-state index contributed by atoms with van der Waals surface area (Å²) in [5.74, 6) is -0.469. The molecule has 1 unspecified atom stereocenters. The average molecular weight is 485 g/mol. The van der Waals surface area contributed by atoms with Gasteiger partial charge in [0.2, 0.25) is 11.8 Å². The maximum absolute atomic E-state index is 13.2. The van der Waals surface area contributed by atoms with Gasteiger partial charge in [-0.3, -0.25) is 24.0 Å². The van der Waals surface area contributed by atoms with E-state index in [-0.39, 0.29) is 23.6 Å². The molecule has 172 valence electrons. The Morgan fingerprint density at radius 1 is 1.21 bits per heavy atom. The lowest BCUT2D eigenvalue weighted by molar-refractivity contribution is -0.123. The summed E-state index contributed by atoms with van der Waals surface area (Å²) >= 11 is 6.86. The van der Waals surface area contributed by atoms with Crippen molar-refractivity contribution in [2.24, 2.45) is 11.7 Å². The molecule has 0 bridgehead atoms. The number of likely N-dealkylation sites (tertiary alicyclic amines) is 1. The van der Waals surface area contributed by atoms with E-state index in [1.54, 1.807) is 40.7 Å². The molecule has 4 rings (SSSR count). The van der Waals surface area contributed by atoms with Crippen molar-refractivity contribution in [1.29, 1.82) is 0 Å². The molecule has 3 heterocycles. The highest BCUT2D eigenvalue weighted by atomic mass is 32.1. The number of thiophene rings is 1. The fourth-order valence-electron chi connectivity index (χ4n) is 3.91. The minimum atomic E-state index is -0.664. The molecule has 0 saturated carbocycles. The van der Waals surface area contributed by atoms with Gasteiger partial charge in [-0.1, -0.05) is 18.2 Å². The van der Waals surface area contributed by atoms with Crippen LogP contribution in [0.2, 0.25) is 0 Å². The van der Waals surface area contributed by atoms with Crippen LogP contribution < -0.4 is 11.1 Å². The smallest absolute Gasteiger partial charge is 0.255 e. The number of hydrogen-bond acceptors (Lipinski definition) is 6. The van der Waals surface area contributed by atoms with Crippen LogP contribution in [0.5, 0.6) is 0 Å². The molecule has 0 radical (unpaired) electrons.